The predicted octanol–water partition coefficient (Wildman–Crippen LogP) is 2.41. The van der Waals surface area contributed by atoms with Gasteiger partial charge in [-0.25, -0.2) is 4.79 Å². The van der Waals surface area contributed by atoms with Crippen LogP contribution in [0.1, 0.15) is 0 Å². The first-order valence-electron chi connectivity index (χ1n) is 6.08. The topological polar surface area (TPSA) is 111 Å². The Balaban J connectivity index is 1.81. The van der Waals surface area contributed by atoms with E-state index < -0.39 is 5.76 Å². The molecule has 22 heavy (non-hydrogen) atoms. The van der Waals surface area contributed by atoms with Gasteiger partial charge in [0.15, 0.2) is 14.9 Å². The summed E-state index contributed by atoms with van der Waals surface area (Å²) in [6.45, 7) is 0. The second-order valence-corrected chi connectivity index (χ2v) is 6.23. The second kappa shape index (κ2) is 5.07. The number of oxazole rings is 1. The molecule has 0 aliphatic carbocycles. The molecule has 0 radical (unpaired) electrons. The highest BCUT2D eigenvalue weighted by Crippen LogP contribution is 2.30. The predicted molar refractivity (Wildman–Crippen MR) is 80.8 cm³/mol. The maximum atomic E-state index is 11.3. The highest BCUT2D eigenvalue weighted by molar-refractivity contribution is 8.00. The number of benzene rings is 1. The van der Waals surface area contributed by atoms with E-state index in [4.69, 9.17) is 8.94 Å². The summed E-state index contributed by atoms with van der Waals surface area (Å²) in [4.78, 5) is 18.2. The van der Waals surface area contributed by atoms with Crippen molar-refractivity contribution in [1.82, 2.24) is 25.3 Å². The quantitative estimate of drug-likeness (QED) is 0.569. The molecule has 0 spiro atoms. The summed E-state index contributed by atoms with van der Waals surface area (Å²) in [6, 6.07) is 5.24. The van der Waals surface area contributed by atoms with Gasteiger partial charge in [-0.2, -0.15) is 4.98 Å². The molecule has 0 saturated heterocycles. The lowest BCUT2D eigenvalue weighted by atomic mass is 10.2. The maximum Gasteiger partial charge on any atom is 0.417 e. The molecular formula is C12H7N5O3S2. The number of fused-ring (bicyclic) bond motifs is 1. The van der Waals surface area contributed by atoms with E-state index in [0.29, 0.717) is 27.5 Å². The van der Waals surface area contributed by atoms with Gasteiger partial charge < -0.3 is 8.94 Å². The third-order valence-electron chi connectivity index (χ3n) is 2.88. The minimum absolute atomic E-state index is 0.254. The first kappa shape index (κ1) is 13.2. The number of nitrogens with one attached hydrogen (secondary N) is 1. The van der Waals surface area contributed by atoms with E-state index in [2.05, 4.69) is 25.3 Å². The second-order valence-electron chi connectivity index (χ2n) is 4.20. The fraction of sp³-hybridized carbons (Fsp3) is 0.0833. The van der Waals surface area contributed by atoms with Crippen LogP contribution in [0.15, 0.2) is 36.3 Å². The van der Waals surface area contributed by atoms with Gasteiger partial charge in [0.05, 0.1) is 11.1 Å². The molecule has 10 heteroatoms. The zero-order valence-electron chi connectivity index (χ0n) is 11.1. The summed E-state index contributed by atoms with van der Waals surface area (Å²) in [6.07, 6.45) is 1.92. The van der Waals surface area contributed by atoms with E-state index in [1.807, 2.05) is 6.26 Å². The van der Waals surface area contributed by atoms with Crippen molar-refractivity contribution < 1.29 is 8.94 Å². The first-order chi connectivity index (χ1) is 10.7. The normalized spacial score (nSPS) is 11.3. The van der Waals surface area contributed by atoms with Gasteiger partial charge in [-0.1, -0.05) is 34.3 Å². The molecule has 8 nitrogen and oxygen atoms in total. The molecular weight excluding hydrogens is 326 g/mol. The van der Waals surface area contributed by atoms with Crippen LogP contribution in [-0.4, -0.2) is 31.6 Å². The van der Waals surface area contributed by atoms with Crippen molar-refractivity contribution in [1.29, 1.82) is 0 Å². The van der Waals surface area contributed by atoms with Crippen LogP contribution in [0, 0.1) is 0 Å². The van der Waals surface area contributed by atoms with Gasteiger partial charge >= 0.3 is 5.76 Å². The van der Waals surface area contributed by atoms with Gasteiger partial charge in [-0.15, -0.1) is 10.2 Å². The van der Waals surface area contributed by atoms with Crippen LogP contribution in [-0.2, 0) is 0 Å². The van der Waals surface area contributed by atoms with Crippen LogP contribution in [0.3, 0.4) is 0 Å². The Bertz CT molecular complexity index is 1020. The molecule has 0 saturated carbocycles. The lowest BCUT2D eigenvalue weighted by molar-refractivity contribution is 0.431. The Kier molecular flexibility index (Phi) is 3.05. The van der Waals surface area contributed by atoms with Gasteiger partial charge in [0, 0.05) is 0 Å². The van der Waals surface area contributed by atoms with Crippen molar-refractivity contribution in [3.05, 3.63) is 28.7 Å². The average molecular weight is 333 g/mol. The van der Waals surface area contributed by atoms with Crippen molar-refractivity contribution in [2.45, 2.75) is 4.34 Å². The third kappa shape index (κ3) is 2.12. The van der Waals surface area contributed by atoms with Crippen LogP contribution in [0.2, 0.25) is 0 Å². The maximum absolute atomic E-state index is 11.3. The summed E-state index contributed by atoms with van der Waals surface area (Å²) < 4.78 is 11.2. The van der Waals surface area contributed by atoms with Crippen LogP contribution in [0.5, 0.6) is 0 Å². The number of para-hydroxylation sites is 1. The average Bonchev–Trinajstić information content (AvgIpc) is 3.24. The van der Waals surface area contributed by atoms with E-state index in [0.717, 1.165) is 4.34 Å². The zero-order valence-corrected chi connectivity index (χ0v) is 12.7. The van der Waals surface area contributed by atoms with Crippen molar-refractivity contribution >= 4 is 34.2 Å². The molecule has 0 unspecified atom stereocenters. The minimum atomic E-state index is -0.532. The molecule has 4 aromatic rings. The summed E-state index contributed by atoms with van der Waals surface area (Å²) in [7, 11) is 0. The summed E-state index contributed by atoms with van der Waals surface area (Å²) >= 11 is 2.88. The van der Waals surface area contributed by atoms with E-state index in [1.165, 1.54) is 23.1 Å². The molecule has 0 bridgehead atoms. The number of rotatable bonds is 3. The Morgan fingerprint density at radius 3 is 3.05 bits per heavy atom. The molecule has 0 amide bonds. The molecule has 110 valence electrons. The van der Waals surface area contributed by atoms with Crippen molar-refractivity contribution in [2.75, 3.05) is 6.26 Å². The molecule has 3 heterocycles. The molecule has 4 rings (SSSR count). The summed E-state index contributed by atoms with van der Waals surface area (Å²) in [5.74, 6) is 0.0721. The molecule has 1 N–H and O–H groups in total. The Morgan fingerprint density at radius 1 is 1.32 bits per heavy atom. The fourth-order valence-electron chi connectivity index (χ4n) is 1.94. The molecule has 0 aliphatic rings. The number of hydrogen-bond acceptors (Lipinski definition) is 9. The van der Waals surface area contributed by atoms with Crippen LogP contribution in [0.4, 0.5) is 0 Å². The van der Waals surface area contributed by atoms with Crippen molar-refractivity contribution in [3.8, 4) is 22.3 Å². The lowest BCUT2D eigenvalue weighted by Gasteiger charge is -1.93. The number of nitrogens with zero attached hydrogens (tertiary/aromatic N) is 4. The van der Waals surface area contributed by atoms with Gasteiger partial charge in [-0.05, 0) is 18.4 Å². The molecule has 0 atom stereocenters. The van der Waals surface area contributed by atoms with Crippen LogP contribution < -0.4 is 5.76 Å². The smallest absolute Gasteiger partial charge is 0.407 e. The standard InChI is InChI=1S/C12H7N5O3S2/c1-21-12-16-15-10(22-12)8-14-9(20-17-8)5-3-2-4-6-7(5)19-11(18)13-6/h2-4H,1H3,(H,13,18). The third-order valence-corrected chi connectivity index (χ3v) is 4.77. The van der Waals surface area contributed by atoms with Crippen LogP contribution in [0.25, 0.3) is 33.4 Å². The van der Waals surface area contributed by atoms with E-state index in [9.17, 15) is 4.79 Å². The van der Waals surface area contributed by atoms with E-state index >= 15 is 0 Å². The molecule has 1 aromatic carbocycles. The molecule has 0 aliphatic heterocycles. The highest BCUT2D eigenvalue weighted by Gasteiger charge is 2.18. The van der Waals surface area contributed by atoms with Gasteiger partial charge in [0.25, 0.3) is 5.89 Å². The van der Waals surface area contributed by atoms with Crippen molar-refractivity contribution in [3.63, 3.8) is 0 Å². The number of hydrogen-bond donors (Lipinski definition) is 1. The van der Waals surface area contributed by atoms with Crippen molar-refractivity contribution in [2.24, 2.45) is 0 Å². The lowest BCUT2D eigenvalue weighted by Crippen LogP contribution is -1.92. The molecule has 0 fully saturated rings. The monoisotopic (exact) mass is 333 g/mol. The summed E-state index contributed by atoms with van der Waals surface area (Å²) in [5.41, 5.74) is 1.50. The highest BCUT2D eigenvalue weighted by atomic mass is 32.2. The Morgan fingerprint density at radius 2 is 2.23 bits per heavy atom. The van der Waals surface area contributed by atoms with E-state index in [1.54, 1.807) is 18.2 Å². The number of aromatic nitrogens is 5. The van der Waals surface area contributed by atoms with E-state index in [-0.39, 0.29) is 5.89 Å². The first-order valence-corrected chi connectivity index (χ1v) is 8.12. The van der Waals surface area contributed by atoms with Gasteiger partial charge in [0.1, 0.15) is 0 Å². The summed E-state index contributed by atoms with van der Waals surface area (Å²) in [5, 5.41) is 12.5. The Hall–Kier alpha value is -2.46. The zero-order chi connectivity index (χ0) is 15.1. The number of aromatic amines is 1. The fourth-order valence-corrected chi connectivity index (χ4v) is 3.14. The van der Waals surface area contributed by atoms with Gasteiger partial charge in [-0.3, -0.25) is 4.98 Å². The van der Waals surface area contributed by atoms with Gasteiger partial charge in [0.2, 0.25) is 5.82 Å². The number of thioether (sulfide) groups is 1. The molecule has 3 aromatic heterocycles. The van der Waals surface area contributed by atoms with Crippen LogP contribution >= 0.6 is 23.1 Å². The SMILES string of the molecule is CSc1nnc(-c2noc(-c3cccc4[nH]c(=O)oc34)n2)s1. The Labute approximate surface area is 130 Å². The minimum Gasteiger partial charge on any atom is -0.407 e. The largest absolute Gasteiger partial charge is 0.417 e. The number of H-pyrrole nitrogens is 1.